The molecule has 0 aliphatic carbocycles. The third-order valence-electron chi connectivity index (χ3n) is 3.80. The normalized spacial score (nSPS) is 13.7. The maximum Gasteiger partial charge on any atom is 0.298 e. The van der Waals surface area contributed by atoms with E-state index < -0.39 is 0 Å². The van der Waals surface area contributed by atoms with Crippen LogP contribution in [-0.2, 0) is 4.79 Å². The predicted octanol–water partition coefficient (Wildman–Crippen LogP) is 4.56. The van der Waals surface area contributed by atoms with Gasteiger partial charge >= 0.3 is 0 Å². The van der Waals surface area contributed by atoms with E-state index >= 15 is 0 Å². The Balaban J connectivity index is 0.00000176. The highest BCUT2D eigenvalue weighted by molar-refractivity contribution is 6.30. The first-order valence-corrected chi connectivity index (χ1v) is 9.28. The fourth-order valence-electron chi connectivity index (χ4n) is 2.52. The molecule has 2 rings (SSSR count). The molecule has 1 aliphatic rings. The summed E-state index contributed by atoms with van der Waals surface area (Å²) in [7, 11) is 0. The highest BCUT2D eigenvalue weighted by Crippen LogP contribution is 2.19. The molecule has 0 bridgehead atoms. The highest BCUT2D eigenvalue weighted by Gasteiger charge is 2.21. The molecule has 0 unspecified atom stereocenters. The van der Waals surface area contributed by atoms with Crippen LogP contribution in [-0.4, -0.2) is 41.9 Å². The Labute approximate surface area is 166 Å². The molecule has 5 heteroatoms. The molecule has 1 saturated heterocycles. The molecular formula is C22H26ClFN2O. The fourth-order valence-corrected chi connectivity index (χ4v) is 2.62. The second-order valence-corrected chi connectivity index (χ2v) is 6.28. The van der Waals surface area contributed by atoms with E-state index in [4.69, 9.17) is 11.6 Å². The SMILES string of the molecule is C=C(Cl)/C=C(\C(=C)C)N1CCN(C(=O)C#Cc2ccc(F)cc2)CC1.CC. The summed E-state index contributed by atoms with van der Waals surface area (Å²) in [5.41, 5.74) is 2.45. The van der Waals surface area contributed by atoms with Crippen molar-refractivity contribution in [2.45, 2.75) is 20.8 Å². The van der Waals surface area contributed by atoms with E-state index in [1.807, 2.05) is 20.8 Å². The monoisotopic (exact) mass is 388 g/mol. The Morgan fingerprint density at radius 1 is 1.11 bits per heavy atom. The third-order valence-corrected chi connectivity index (χ3v) is 3.91. The number of carbonyl (C=O) groups is 1. The van der Waals surface area contributed by atoms with E-state index in [-0.39, 0.29) is 11.7 Å². The minimum Gasteiger partial charge on any atom is -0.368 e. The molecule has 1 aliphatic heterocycles. The lowest BCUT2D eigenvalue weighted by Gasteiger charge is -2.36. The summed E-state index contributed by atoms with van der Waals surface area (Å²) in [5, 5.41) is 0.446. The van der Waals surface area contributed by atoms with Gasteiger partial charge < -0.3 is 9.80 Å². The molecule has 1 heterocycles. The first-order valence-electron chi connectivity index (χ1n) is 8.90. The van der Waals surface area contributed by atoms with Crippen LogP contribution in [0.1, 0.15) is 26.3 Å². The first kappa shape index (κ1) is 22.5. The van der Waals surface area contributed by atoms with E-state index in [2.05, 4.69) is 29.9 Å². The topological polar surface area (TPSA) is 23.6 Å². The fraction of sp³-hybridized carbons (Fsp3) is 0.318. The van der Waals surface area contributed by atoms with Gasteiger partial charge in [0.1, 0.15) is 5.82 Å². The van der Waals surface area contributed by atoms with Crippen LogP contribution in [0.4, 0.5) is 4.39 Å². The van der Waals surface area contributed by atoms with Gasteiger partial charge in [0.15, 0.2) is 0 Å². The van der Waals surface area contributed by atoms with Gasteiger partial charge in [-0.2, -0.15) is 0 Å². The molecule has 3 nitrogen and oxygen atoms in total. The molecular weight excluding hydrogens is 363 g/mol. The Morgan fingerprint density at radius 2 is 1.63 bits per heavy atom. The van der Waals surface area contributed by atoms with Gasteiger partial charge in [-0.3, -0.25) is 4.79 Å². The van der Waals surface area contributed by atoms with Crippen molar-refractivity contribution >= 4 is 17.5 Å². The zero-order chi connectivity index (χ0) is 20.4. The number of amides is 1. The summed E-state index contributed by atoms with van der Waals surface area (Å²) in [6, 6.07) is 5.75. The van der Waals surface area contributed by atoms with Gasteiger partial charge in [0, 0.05) is 48.4 Å². The molecule has 1 amide bonds. The van der Waals surface area contributed by atoms with Crippen LogP contribution < -0.4 is 0 Å². The number of allylic oxidation sites excluding steroid dienone is 3. The summed E-state index contributed by atoms with van der Waals surface area (Å²) in [6.45, 7) is 16.0. The van der Waals surface area contributed by atoms with Crippen LogP contribution in [0, 0.1) is 17.7 Å². The maximum absolute atomic E-state index is 12.9. The number of carbonyl (C=O) groups excluding carboxylic acids is 1. The van der Waals surface area contributed by atoms with Gasteiger partial charge in [-0.25, -0.2) is 4.39 Å². The summed E-state index contributed by atoms with van der Waals surface area (Å²) in [4.78, 5) is 16.1. The number of nitrogens with zero attached hydrogens (tertiary/aromatic N) is 2. The molecule has 0 spiro atoms. The first-order chi connectivity index (χ1) is 12.9. The number of benzene rings is 1. The minimum absolute atomic E-state index is 0.230. The molecule has 0 atom stereocenters. The highest BCUT2D eigenvalue weighted by atomic mass is 35.5. The van der Waals surface area contributed by atoms with Crippen molar-refractivity contribution in [3.05, 3.63) is 71.2 Å². The van der Waals surface area contributed by atoms with Gasteiger partial charge in [0.2, 0.25) is 0 Å². The molecule has 0 radical (unpaired) electrons. The lowest BCUT2D eigenvalue weighted by Crippen LogP contribution is -2.48. The number of halogens is 2. The van der Waals surface area contributed by atoms with Crippen molar-refractivity contribution in [2.24, 2.45) is 0 Å². The second-order valence-electron chi connectivity index (χ2n) is 5.79. The molecule has 144 valence electrons. The molecule has 0 saturated carbocycles. The average Bonchev–Trinajstić information content (AvgIpc) is 2.67. The zero-order valence-corrected chi connectivity index (χ0v) is 16.9. The van der Waals surface area contributed by atoms with E-state index in [1.165, 1.54) is 12.1 Å². The minimum atomic E-state index is -0.325. The summed E-state index contributed by atoms with van der Waals surface area (Å²) < 4.78 is 12.9. The molecule has 1 aromatic rings. The average molecular weight is 389 g/mol. The second kappa shape index (κ2) is 11.3. The van der Waals surface area contributed by atoms with E-state index in [0.717, 1.165) is 11.3 Å². The lowest BCUT2D eigenvalue weighted by molar-refractivity contribution is -0.126. The lowest BCUT2D eigenvalue weighted by atomic mass is 10.1. The summed E-state index contributed by atoms with van der Waals surface area (Å²) in [6.07, 6.45) is 1.79. The van der Waals surface area contributed by atoms with Crippen LogP contribution in [0.2, 0.25) is 0 Å². The van der Waals surface area contributed by atoms with Crippen LogP contribution >= 0.6 is 11.6 Å². The van der Waals surface area contributed by atoms with Crippen molar-refractivity contribution in [2.75, 3.05) is 26.2 Å². The quantitative estimate of drug-likeness (QED) is 0.559. The molecule has 0 aromatic heterocycles. The van der Waals surface area contributed by atoms with E-state index in [9.17, 15) is 9.18 Å². The Hall–Kier alpha value is -2.51. The van der Waals surface area contributed by atoms with Crippen LogP contribution in [0.3, 0.4) is 0 Å². The molecule has 0 N–H and O–H groups in total. The molecule has 1 aromatic carbocycles. The van der Waals surface area contributed by atoms with Crippen LogP contribution in [0.25, 0.3) is 0 Å². The smallest absolute Gasteiger partial charge is 0.298 e. The van der Waals surface area contributed by atoms with Gasteiger partial charge in [-0.15, -0.1) is 0 Å². The number of hydrogen-bond donors (Lipinski definition) is 0. The molecule has 1 fully saturated rings. The predicted molar refractivity (Wildman–Crippen MR) is 111 cm³/mol. The summed E-state index contributed by atoms with van der Waals surface area (Å²) >= 11 is 5.88. The van der Waals surface area contributed by atoms with Gasteiger partial charge in [-0.05, 0) is 42.8 Å². The Bertz CT molecular complexity index is 764. The van der Waals surface area contributed by atoms with Crippen LogP contribution in [0.15, 0.2) is 59.8 Å². The largest absolute Gasteiger partial charge is 0.368 e. The number of rotatable bonds is 3. The Kier molecular flexibility index (Phi) is 9.39. The third kappa shape index (κ3) is 7.32. The van der Waals surface area contributed by atoms with Crippen molar-refractivity contribution in [1.29, 1.82) is 0 Å². The van der Waals surface area contributed by atoms with E-state index in [1.54, 1.807) is 23.1 Å². The van der Waals surface area contributed by atoms with Crippen molar-refractivity contribution in [1.82, 2.24) is 9.80 Å². The van der Waals surface area contributed by atoms with Crippen LogP contribution in [0.5, 0.6) is 0 Å². The van der Waals surface area contributed by atoms with Gasteiger partial charge in [-0.1, -0.05) is 44.5 Å². The Morgan fingerprint density at radius 3 is 2.11 bits per heavy atom. The number of piperazine rings is 1. The van der Waals surface area contributed by atoms with Crippen molar-refractivity contribution < 1.29 is 9.18 Å². The zero-order valence-electron chi connectivity index (χ0n) is 16.2. The van der Waals surface area contributed by atoms with Gasteiger partial charge in [0.05, 0.1) is 0 Å². The summed E-state index contributed by atoms with van der Waals surface area (Å²) in [5.74, 6) is 4.83. The van der Waals surface area contributed by atoms with E-state index in [0.29, 0.717) is 36.8 Å². The van der Waals surface area contributed by atoms with Gasteiger partial charge in [0.25, 0.3) is 5.91 Å². The number of hydrogen-bond acceptors (Lipinski definition) is 2. The standard InChI is InChI=1S/C20H20ClFN2O.C2H6/c1-15(2)19(14-16(3)21)23-10-12-24(13-11-23)20(25)9-6-17-4-7-18(22)8-5-17;1-2/h4-5,7-8,14H,1,3,10-13H2,2H3;1-2H3/b19-14+;. The van der Waals surface area contributed by atoms with Crippen molar-refractivity contribution in [3.8, 4) is 11.8 Å². The molecule has 27 heavy (non-hydrogen) atoms. The maximum atomic E-state index is 12.9. The van der Waals surface area contributed by atoms with Crippen molar-refractivity contribution in [3.63, 3.8) is 0 Å².